The number of aryl methyl sites for hydroxylation is 1. The fraction of sp³-hybridized carbons (Fsp3) is 0.368. The van der Waals surface area contributed by atoms with Crippen LogP contribution in [0.25, 0.3) is 0 Å². The van der Waals surface area contributed by atoms with Crippen molar-refractivity contribution < 1.29 is 0 Å². The highest BCUT2D eigenvalue weighted by molar-refractivity contribution is 5.34. The molecule has 0 saturated carbocycles. The fourth-order valence-corrected chi connectivity index (χ4v) is 3.65. The molecule has 2 aromatic carbocycles. The van der Waals surface area contributed by atoms with Crippen LogP contribution in [0.3, 0.4) is 0 Å². The van der Waals surface area contributed by atoms with Crippen LogP contribution in [0.15, 0.2) is 54.6 Å². The summed E-state index contributed by atoms with van der Waals surface area (Å²) in [7, 11) is 0. The van der Waals surface area contributed by atoms with Gasteiger partial charge in [-0.2, -0.15) is 0 Å². The molecule has 2 atom stereocenters. The van der Waals surface area contributed by atoms with Gasteiger partial charge in [-0.05, 0) is 60.8 Å². The second-order valence-electron chi connectivity index (χ2n) is 5.87. The highest BCUT2D eigenvalue weighted by Gasteiger charge is 2.28. The molecule has 3 rings (SSSR count). The first kappa shape index (κ1) is 13.4. The Bertz CT molecular complexity index is 547. The monoisotopic (exact) mass is 265 g/mol. The van der Waals surface area contributed by atoms with Crippen LogP contribution in [0.4, 0.5) is 0 Å². The maximum atomic E-state index is 5.87. The van der Waals surface area contributed by atoms with Gasteiger partial charge in [0.15, 0.2) is 0 Å². The second kappa shape index (κ2) is 6.23. The van der Waals surface area contributed by atoms with Gasteiger partial charge in [-0.25, -0.2) is 0 Å². The van der Waals surface area contributed by atoms with E-state index in [1.54, 1.807) is 5.56 Å². The van der Waals surface area contributed by atoms with Gasteiger partial charge in [0, 0.05) is 0 Å². The van der Waals surface area contributed by atoms with E-state index in [0.29, 0.717) is 5.92 Å². The minimum absolute atomic E-state index is 0.630. The molecule has 0 aliphatic heterocycles. The first-order valence-electron chi connectivity index (χ1n) is 7.70. The maximum absolute atomic E-state index is 5.87. The van der Waals surface area contributed by atoms with Crippen molar-refractivity contribution in [2.45, 2.75) is 31.6 Å². The Kier molecular flexibility index (Phi) is 4.17. The number of rotatable bonds is 4. The first-order valence-corrected chi connectivity index (χ1v) is 7.70. The average Bonchev–Trinajstić information content (AvgIpc) is 2.51. The molecule has 0 saturated heterocycles. The van der Waals surface area contributed by atoms with Crippen molar-refractivity contribution in [3.05, 3.63) is 71.3 Å². The van der Waals surface area contributed by atoms with E-state index in [1.807, 2.05) is 0 Å². The minimum Gasteiger partial charge on any atom is -0.330 e. The van der Waals surface area contributed by atoms with Crippen molar-refractivity contribution in [1.82, 2.24) is 0 Å². The molecule has 2 unspecified atom stereocenters. The van der Waals surface area contributed by atoms with E-state index in [9.17, 15) is 0 Å². The average molecular weight is 265 g/mol. The first-order chi connectivity index (χ1) is 9.88. The van der Waals surface area contributed by atoms with E-state index < -0.39 is 0 Å². The van der Waals surface area contributed by atoms with E-state index in [1.165, 1.54) is 30.4 Å². The van der Waals surface area contributed by atoms with Crippen molar-refractivity contribution in [1.29, 1.82) is 0 Å². The molecule has 20 heavy (non-hydrogen) atoms. The van der Waals surface area contributed by atoms with Crippen LogP contribution in [0.2, 0.25) is 0 Å². The van der Waals surface area contributed by atoms with Crippen LogP contribution in [-0.2, 0) is 12.8 Å². The van der Waals surface area contributed by atoms with E-state index in [0.717, 1.165) is 18.9 Å². The van der Waals surface area contributed by atoms with Crippen molar-refractivity contribution >= 4 is 0 Å². The molecule has 0 spiro atoms. The highest BCUT2D eigenvalue weighted by atomic mass is 14.5. The summed E-state index contributed by atoms with van der Waals surface area (Å²) in [5.74, 6) is 1.36. The molecular weight excluding hydrogens is 242 g/mol. The standard InChI is InChI=1S/C19H23N/c20-13-12-19-17(14-15-6-2-1-3-7-15)11-10-16-8-4-5-9-18(16)19/h1-9,17,19H,10-14,20H2. The Morgan fingerprint density at radius 1 is 0.950 bits per heavy atom. The lowest BCUT2D eigenvalue weighted by atomic mass is 9.71. The molecule has 1 aliphatic rings. The molecule has 1 nitrogen and oxygen atoms in total. The molecular formula is C19H23N. The third kappa shape index (κ3) is 2.78. The normalized spacial score (nSPS) is 21.4. The topological polar surface area (TPSA) is 26.0 Å². The number of fused-ring (bicyclic) bond motifs is 1. The Labute approximate surface area is 121 Å². The smallest absolute Gasteiger partial charge is 0.00713 e. The molecule has 0 heterocycles. The van der Waals surface area contributed by atoms with Gasteiger partial charge in [0.05, 0.1) is 0 Å². The van der Waals surface area contributed by atoms with Crippen molar-refractivity contribution in [2.24, 2.45) is 11.7 Å². The summed E-state index contributed by atoms with van der Waals surface area (Å²) in [4.78, 5) is 0. The van der Waals surface area contributed by atoms with Gasteiger partial charge in [0.1, 0.15) is 0 Å². The van der Waals surface area contributed by atoms with E-state index in [2.05, 4.69) is 54.6 Å². The van der Waals surface area contributed by atoms with Crippen LogP contribution in [-0.4, -0.2) is 6.54 Å². The zero-order valence-electron chi connectivity index (χ0n) is 12.0. The van der Waals surface area contributed by atoms with Gasteiger partial charge < -0.3 is 5.73 Å². The van der Waals surface area contributed by atoms with Gasteiger partial charge in [0.2, 0.25) is 0 Å². The minimum atomic E-state index is 0.630. The van der Waals surface area contributed by atoms with E-state index in [4.69, 9.17) is 5.73 Å². The summed E-state index contributed by atoms with van der Waals surface area (Å²) in [5, 5.41) is 0. The summed E-state index contributed by atoms with van der Waals surface area (Å²) in [6.07, 6.45) is 4.79. The van der Waals surface area contributed by atoms with Crippen LogP contribution in [0, 0.1) is 5.92 Å². The number of hydrogen-bond donors (Lipinski definition) is 1. The second-order valence-corrected chi connectivity index (χ2v) is 5.87. The summed E-state index contributed by atoms with van der Waals surface area (Å²) in [6.45, 7) is 0.782. The molecule has 1 aliphatic carbocycles. The summed E-state index contributed by atoms with van der Waals surface area (Å²) < 4.78 is 0. The number of nitrogens with two attached hydrogens (primary N) is 1. The molecule has 2 aromatic rings. The quantitative estimate of drug-likeness (QED) is 0.890. The Hall–Kier alpha value is -1.60. The third-order valence-electron chi connectivity index (χ3n) is 4.63. The summed E-state index contributed by atoms with van der Waals surface area (Å²) in [5.41, 5.74) is 10.4. The molecule has 0 bridgehead atoms. The Balaban J connectivity index is 1.84. The lowest BCUT2D eigenvalue weighted by molar-refractivity contribution is 0.355. The van der Waals surface area contributed by atoms with Gasteiger partial charge >= 0.3 is 0 Å². The third-order valence-corrected chi connectivity index (χ3v) is 4.63. The SMILES string of the molecule is NCCC1c2ccccc2CCC1Cc1ccccc1. The summed E-state index contributed by atoms with van der Waals surface area (Å²) in [6, 6.07) is 19.8. The predicted molar refractivity (Wildman–Crippen MR) is 84.8 cm³/mol. The van der Waals surface area contributed by atoms with Crippen molar-refractivity contribution in [2.75, 3.05) is 6.54 Å². The summed E-state index contributed by atoms with van der Waals surface area (Å²) >= 11 is 0. The molecule has 0 fully saturated rings. The molecule has 0 aromatic heterocycles. The van der Waals surface area contributed by atoms with E-state index in [-0.39, 0.29) is 0 Å². The zero-order valence-corrected chi connectivity index (χ0v) is 12.0. The van der Waals surface area contributed by atoms with Gasteiger partial charge in [-0.1, -0.05) is 54.6 Å². The van der Waals surface area contributed by atoms with Crippen LogP contribution in [0.1, 0.15) is 35.4 Å². The van der Waals surface area contributed by atoms with Crippen molar-refractivity contribution in [3.8, 4) is 0 Å². The molecule has 0 amide bonds. The Morgan fingerprint density at radius 2 is 1.70 bits per heavy atom. The van der Waals surface area contributed by atoms with Gasteiger partial charge in [-0.15, -0.1) is 0 Å². The molecule has 0 radical (unpaired) electrons. The van der Waals surface area contributed by atoms with Crippen LogP contribution < -0.4 is 5.73 Å². The predicted octanol–water partition coefficient (Wildman–Crippen LogP) is 3.92. The van der Waals surface area contributed by atoms with Gasteiger partial charge in [0.25, 0.3) is 0 Å². The number of hydrogen-bond acceptors (Lipinski definition) is 1. The molecule has 1 heteroatoms. The largest absolute Gasteiger partial charge is 0.330 e. The Morgan fingerprint density at radius 3 is 2.50 bits per heavy atom. The maximum Gasteiger partial charge on any atom is -0.00713 e. The fourth-order valence-electron chi connectivity index (χ4n) is 3.65. The number of benzene rings is 2. The van der Waals surface area contributed by atoms with Crippen molar-refractivity contribution in [3.63, 3.8) is 0 Å². The lowest BCUT2D eigenvalue weighted by Crippen LogP contribution is -2.24. The molecule has 104 valence electrons. The highest BCUT2D eigenvalue weighted by Crippen LogP contribution is 2.39. The molecule has 2 N–H and O–H groups in total. The van der Waals surface area contributed by atoms with E-state index >= 15 is 0 Å². The lowest BCUT2D eigenvalue weighted by Gasteiger charge is -2.34. The van der Waals surface area contributed by atoms with Gasteiger partial charge in [-0.3, -0.25) is 0 Å². The van der Waals surface area contributed by atoms with Crippen LogP contribution in [0.5, 0.6) is 0 Å². The zero-order chi connectivity index (χ0) is 13.8. The van der Waals surface area contributed by atoms with Crippen LogP contribution >= 0.6 is 0 Å².